The Labute approximate surface area is 154 Å². The SMILES string of the molecule is CN(C)c1ccc(-c2cc(-c3ccccc3)nn2-c2ccccc2)cc1. The predicted molar refractivity (Wildman–Crippen MR) is 109 cm³/mol. The van der Waals surface area contributed by atoms with Gasteiger partial charge in [0.1, 0.15) is 0 Å². The van der Waals surface area contributed by atoms with Crippen molar-refractivity contribution in [1.29, 1.82) is 0 Å². The first-order valence-corrected chi connectivity index (χ1v) is 8.71. The molecular formula is C23H21N3. The summed E-state index contributed by atoms with van der Waals surface area (Å²) in [6, 6.07) is 31.3. The third kappa shape index (κ3) is 3.11. The Kier molecular flexibility index (Phi) is 4.28. The first-order valence-electron chi connectivity index (χ1n) is 8.71. The Morgan fingerprint density at radius 3 is 1.92 bits per heavy atom. The Morgan fingerprint density at radius 2 is 1.31 bits per heavy atom. The summed E-state index contributed by atoms with van der Waals surface area (Å²) in [5.74, 6) is 0. The van der Waals surface area contributed by atoms with Gasteiger partial charge in [0.15, 0.2) is 0 Å². The van der Waals surface area contributed by atoms with Gasteiger partial charge in [-0.05, 0) is 30.3 Å². The van der Waals surface area contributed by atoms with Crippen molar-refractivity contribution in [1.82, 2.24) is 9.78 Å². The fourth-order valence-corrected chi connectivity index (χ4v) is 3.03. The van der Waals surface area contributed by atoms with Gasteiger partial charge in [-0.15, -0.1) is 0 Å². The van der Waals surface area contributed by atoms with Crippen LogP contribution in [0.1, 0.15) is 0 Å². The number of nitrogens with zero attached hydrogens (tertiary/aromatic N) is 3. The minimum absolute atomic E-state index is 0.973. The molecule has 0 bridgehead atoms. The van der Waals surface area contributed by atoms with Crippen LogP contribution in [-0.4, -0.2) is 23.9 Å². The molecule has 0 atom stereocenters. The quantitative estimate of drug-likeness (QED) is 0.505. The standard InChI is InChI=1S/C23H21N3/c1-25(2)20-15-13-19(14-16-20)23-17-22(18-9-5-3-6-10-18)24-26(23)21-11-7-4-8-12-21/h3-17H,1-2H3. The number of hydrogen-bond donors (Lipinski definition) is 0. The molecule has 1 heterocycles. The summed E-state index contributed by atoms with van der Waals surface area (Å²) in [5, 5.41) is 4.89. The Balaban J connectivity index is 1.85. The molecule has 128 valence electrons. The van der Waals surface area contributed by atoms with Crippen LogP contribution in [0.4, 0.5) is 5.69 Å². The molecule has 0 amide bonds. The maximum atomic E-state index is 4.89. The zero-order valence-electron chi connectivity index (χ0n) is 15.0. The summed E-state index contributed by atoms with van der Waals surface area (Å²) in [4.78, 5) is 2.10. The van der Waals surface area contributed by atoms with Crippen molar-refractivity contribution in [3.05, 3.63) is 91.0 Å². The van der Waals surface area contributed by atoms with Crippen LogP contribution in [0.5, 0.6) is 0 Å². The summed E-state index contributed by atoms with van der Waals surface area (Å²) < 4.78 is 2.02. The molecule has 0 saturated carbocycles. The molecule has 3 nitrogen and oxygen atoms in total. The minimum Gasteiger partial charge on any atom is -0.378 e. The van der Waals surface area contributed by atoms with E-state index in [1.807, 2.05) is 41.1 Å². The zero-order chi connectivity index (χ0) is 17.9. The molecule has 3 aromatic carbocycles. The summed E-state index contributed by atoms with van der Waals surface area (Å²) in [7, 11) is 4.10. The maximum absolute atomic E-state index is 4.89. The fourth-order valence-electron chi connectivity index (χ4n) is 3.03. The van der Waals surface area contributed by atoms with Gasteiger partial charge in [-0.3, -0.25) is 0 Å². The fraction of sp³-hybridized carbons (Fsp3) is 0.0870. The lowest BCUT2D eigenvalue weighted by molar-refractivity contribution is 0.892. The van der Waals surface area contributed by atoms with E-state index in [0.717, 1.165) is 28.2 Å². The normalized spacial score (nSPS) is 10.7. The van der Waals surface area contributed by atoms with Crippen molar-refractivity contribution < 1.29 is 0 Å². The van der Waals surface area contributed by atoms with E-state index >= 15 is 0 Å². The van der Waals surface area contributed by atoms with E-state index in [4.69, 9.17) is 5.10 Å². The monoisotopic (exact) mass is 339 g/mol. The number of benzene rings is 3. The number of rotatable bonds is 4. The second kappa shape index (κ2) is 6.89. The highest BCUT2D eigenvalue weighted by molar-refractivity contribution is 5.71. The van der Waals surface area contributed by atoms with Gasteiger partial charge in [0.2, 0.25) is 0 Å². The molecule has 4 rings (SSSR count). The Bertz CT molecular complexity index is 985. The van der Waals surface area contributed by atoms with Crippen LogP contribution in [0.15, 0.2) is 91.0 Å². The van der Waals surface area contributed by atoms with Gasteiger partial charge in [-0.2, -0.15) is 5.10 Å². The molecule has 0 spiro atoms. The molecule has 1 aromatic heterocycles. The van der Waals surface area contributed by atoms with E-state index in [9.17, 15) is 0 Å². The average molecular weight is 339 g/mol. The van der Waals surface area contributed by atoms with Gasteiger partial charge in [-0.25, -0.2) is 4.68 Å². The van der Waals surface area contributed by atoms with Crippen molar-refractivity contribution in [2.24, 2.45) is 0 Å². The van der Waals surface area contributed by atoms with Gasteiger partial charge in [-0.1, -0.05) is 60.7 Å². The highest BCUT2D eigenvalue weighted by atomic mass is 15.3. The van der Waals surface area contributed by atoms with Crippen LogP contribution >= 0.6 is 0 Å². The smallest absolute Gasteiger partial charge is 0.0934 e. The van der Waals surface area contributed by atoms with Gasteiger partial charge >= 0.3 is 0 Å². The highest BCUT2D eigenvalue weighted by Gasteiger charge is 2.13. The molecule has 0 aliphatic rings. The number of aromatic nitrogens is 2. The summed E-state index contributed by atoms with van der Waals surface area (Å²) >= 11 is 0. The molecule has 26 heavy (non-hydrogen) atoms. The van der Waals surface area contributed by atoms with Crippen molar-refractivity contribution >= 4 is 5.69 Å². The van der Waals surface area contributed by atoms with Crippen molar-refractivity contribution in [2.45, 2.75) is 0 Å². The number of hydrogen-bond acceptors (Lipinski definition) is 2. The van der Waals surface area contributed by atoms with Crippen LogP contribution in [0.2, 0.25) is 0 Å². The van der Waals surface area contributed by atoms with Crippen LogP contribution in [0.3, 0.4) is 0 Å². The van der Waals surface area contributed by atoms with Crippen LogP contribution in [-0.2, 0) is 0 Å². The van der Waals surface area contributed by atoms with Gasteiger partial charge in [0, 0.05) is 30.9 Å². The van der Waals surface area contributed by atoms with Gasteiger partial charge in [0.25, 0.3) is 0 Å². The zero-order valence-corrected chi connectivity index (χ0v) is 15.0. The summed E-state index contributed by atoms with van der Waals surface area (Å²) in [6.07, 6.45) is 0. The average Bonchev–Trinajstić information content (AvgIpc) is 3.15. The van der Waals surface area contributed by atoms with Crippen molar-refractivity contribution in [2.75, 3.05) is 19.0 Å². The van der Waals surface area contributed by atoms with E-state index in [1.54, 1.807) is 0 Å². The number of para-hydroxylation sites is 1. The highest BCUT2D eigenvalue weighted by Crippen LogP contribution is 2.29. The van der Waals surface area contributed by atoms with Crippen LogP contribution < -0.4 is 4.90 Å². The lowest BCUT2D eigenvalue weighted by atomic mass is 10.1. The van der Waals surface area contributed by atoms with Crippen molar-refractivity contribution in [3.8, 4) is 28.2 Å². The first kappa shape index (κ1) is 16.2. The summed E-state index contributed by atoms with van der Waals surface area (Å²) in [5.41, 5.74) is 6.56. The second-order valence-corrected chi connectivity index (χ2v) is 6.47. The maximum Gasteiger partial charge on any atom is 0.0934 e. The molecule has 0 N–H and O–H groups in total. The molecule has 0 aliphatic carbocycles. The van der Waals surface area contributed by atoms with E-state index in [0.29, 0.717) is 0 Å². The Hall–Kier alpha value is -3.33. The van der Waals surface area contributed by atoms with Crippen LogP contribution in [0.25, 0.3) is 28.2 Å². The number of anilines is 1. The minimum atomic E-state index is 0.973. The molecular weight excluding hydrogens is 318 g/mol. The van der Waals surface area contributed by atoms with E-state index in [-0.39, 0.29) is 0 Å². The largest absolute Gasteiger partial charge is 0.378 e. The molecule has 0 aliphatic heterocycles. The molecule has 4 aromatic rings. The van der Waals surface area contributed by atoms with Crippen molar-refractivity contribution in [3.63, 3.8) is 0 Å². The van der Waals surface area contributed by atoms with Gasteiger partial charge < -0.3 is 4.90 Å². The van der Waals surface area contributed by atoms with E-state index in [2.05, 4.69) is 73.6 Å². The first-order chi connectivity index (χ1) is 12.7. The molecule has 0 fully saturated rings. The molecule has 0 saturated heterocycles. The third-order valence-electron chi connectivity index (χ3n) is 4.46. The molecule has 0 unspecified atom stereocenters. The predicted octanol–water partition coefficient (Wildman–Crippen LogP) is 5.27. The third-order valence-corrected chi connectivity index (χ3v) is 4.46. The van der Waals surface area contributed by atoms with E-state index < -0.39 is 0 Å². The summed E-state index contributed by atoms with van der Waals surface area (Å²) in [6.45, 7) is 0. The second-order valence-electron chi connectivity index (χ2n) is 6.47. The van der Waals surface area contributed by atoms with Crippen LogP contribution in [0, 0.1) is 0 Å². The molecule has 0 radical (unpaired) electrons. The Morgan fingerprint density at radius 1 is 0.692 bits per heavy atom. The lowest BCUT2D eigenvalue weighted by Crippen LogP contribution is -2.08. The van der Waals surface area contributed by atoms with Gasteiger partial charge in [0.05, 0.1) is 17.1 Å². The molecule has 3 heteroatoms. The lowest BCUT2D eigenvalue weighted by Gasteiger charge is -2.13. The van der Waals surface area contributed by atoms with E-state index in [1.165, 1.54) is 5.69 Å². The topological polar surface area (TPSA) is 21.1 Å².